The van der Waals surface area contributed by atoms with Crippen LogP contribution in [0.15, 0.2) is 0 Å². The fraction of sp³-hybridized carbons (Fsp3) is 1.00. The lowest BCUT2D eigenvalue weighted by atomic mass is 10.3. The second kappa shape index (κ2) is 3.54. The molecule has 1 rings (SSSR count). The lowest BCUT2D eigenvalue weighted by Gasteiger charge is -2.09. The first-order chi connectivity index (χ1) is 4.29. The van der Waals surface area contributed by atoms with Crippen LogP contribution in [0, 0.1) is 0 Å². The molecule has 54 valence electrons. The van der Waals surface area contributed by atoms with Crippen molar-refractivity contribution in [2.45, 2.75) is 24.5 Å². The molecule has 0 unspecified atom stereocenters. The lowest BCUT2D eigenvalue weighted by Crippen LogP contribution is -2.11. The summed E-state index contributed by atoms with van der Waals surface area (Å²) in [4.78, 5) is 0.487. The minimum Gasteiger partial charge on any atom is -0.350 e. The molecule has 2 nitrogen and oxygen atoms in total. The summed E-state index contributed by atoms with van der Waals surface area (Å²) in [6.45, 7) is 3.60. The molecular weight excluding hydrogens is 184 g/mol. The Labute approximate surface area is 63.7 Å². The molecule has 0 amide bonds. The fourth-order valence-corrected chi connectivity index (χ4v) is 1.11. The van der Waals surface area contributed by atoms with Crippen LogP contribution in [-0.4, -0.2) is 24.3 Å². The van der Waals surface area contributed by atoms with Gasteiger partial charge in [0.1, 0.15) is 0 Å². The monoisotopic (exact) mass is 194 g/mol. The third kappa shape index (κ3) is 2.65. The Morgan fingerprint density at radius 3 is 2.56 bits per heavy atom. The molecule has 0 N–H and O–H groups in total. The van der Waals surface area contributed by atoms with Crippen LogP contribution in [0.25, 0.3) is 0 Å². The van der Waals surface area contributed by atoms with E-state index in [2.05, 4.69) is 22.9 Å². The summed E-state index contributed by atoms with van der Waals surface area (Å²) in [5.41, 5.74) is 0. The van der Waals surface area contributed by atoms with Gasteiger partial charge < -0.3 is 9.47 Å². The molecule has 1 atom stereocenters. The lowest BCUT2D eigenvalue weighted by molar-refractivity contribution is -0.0455. The van der Waals surface area contributed by atoms with E-state index >= 15 is 0 Å². The van der Waals surface area contributed by atoms with Crippen molar-refractivity contribution in [3.05, 3.63) is 0 Å². The standard InChI is InChI=1S/C6H11BrO2/c1-5(7)4-6-8-2-3-9-6/h5-6H,2-4H2,1H3/t5-/m0/s1. The van der Waals surface area contributed by atoms with Gasteiger partial charge in [-0.25, -0.2) is 0 Å². The SMILES string of the molecule is C[C@H](Br)CC1OCCO1. The predicted molar refractivity (Wildman–Crippen MR) is 38.7 cm³/mol. The Morgan fingerprint density at radius 1 is 1.56 bits per heavy atom. The Balaban J connectivity index is 2.11. The summed E-state index contributed by atoms with van der Waals surface area (Å²) < 4.78 is 10.4. The smallest absolute Gasteiger partial charge is 0.158 e. The van der Waals surface area contributed by atoms with Crippen molar-refractivity contribution in [3.63, 3.8) is 0 Å². The number of alkyl halides is 1. The molecule has 1 aliphatic rings. The summed E-state index contributed by atoms with van der Waals surface area (Å²) in [5, 5.41) is 0. The van der Waals surface area contributed by atoms with Crippen LogP contribution >= 0.6 is 15.9 Å². The fourth-order valence-electron chi connectivity index (χ4n) is 0.809. The summed E-state index contributed by atoms with van der Waals surface area (Å²) >= 11 is 3.42. The first-order valence-corrected chi connectivity index (χ1v) is 4.08. The Hall–Kier alpha value is 0.400. The summed E-state index contributed by atoms with van der Waals surface area (Å²) in [6, 6.07) is 0. The van der Waals surface area contributed by atoms with Gasteiger partial charge in [-0.1, -0.05) is 22.9 Å². The summed E-state index contributed by atoms with van der Waals surface area (Å²) in [6.07, 6.45) is 0.986. The van der Waals surface area contributed by atoms with Gasteiger partial charge in [0.25, 0.3) is 0 Å². The van der Waals surface area contributed by atoms with Crippen LogP contribution in [0.5, 0.6) is 0 Å². The molecule has 1 fully saturated rings. The van der Waals surface area contributed by atoms with Gasteiger partial charge in [0, 0.05) is 11.2 Å². The van der Waals surface area contributed by atoms with Gasteiger partial charge in [-0.3, -0.25) is 0 Å². The van der Waals surface area contributed by atoms with Crippen molar-refractivity contribution < 1.29 is 9.47 Å². The van der Waals surface area contributed by atoms with Gasteiger partial charge >= 0.3 is 0 Å². The Kier molecular flexibility index (Phi) is 2.95. The predicted octanol–water partition coefficient (Wildman–Crippen LogP) is 1.53. The highest BCUT2D eigenvalue weighted by atomic mass is 79.9. The molecule has 0 radical (unpaired) electrons. The quantitative estimate of drug-likeness (QED) is 0.622. The Bertz CT molecular complexity index is 79.1. The average Bonchev–Trinajstić information content (AvgIpc) is 2.15. The van der Waals surface area contributed by atoms with Crippen molar-refractivity contribution in [1.82, 2.24) is 0 Å². The van der Waals surface area contributed by atoms with E-state index in [1.165, 1.54) is 0 Å². The van der Waals surface area contributed by atoms with E-state index in [1.54, 1.807) is 0 Å². The molecule has 9 heavy (non-hydrogen) atoms. The molecule has 0 aliphatic carbocycles. The molecule has 3 heteroatoms. The number of halogens is 1. The van der Waals surface area contributed by atoms with Crippen LogP contribution in [0.2, 0.25) is 0 Å². The van der Waals surface area contributed by atoms with E-state index in [1.807, 2.05) is 0 Å². The third-order valence-corrected chi connectivity index (χ3v) is 1.58. The topological polar surface area (TPSA) is 18.5 Å². The number of rotatable bonds is 2. The van der Waals surface area contributed by atoms with Gasteiger partial charge in [-0.2, -0.15) is 0 Å². The van der Waals surface area contributed by atoms with Gasteiger partial charge in [-0.05, 0) is 0 Å². The largest absolute Gasteiger partial charge is 0.350 e. The van der Waals surface area contributed by atoms with E-state index in [4.69, 9.17) is 9.47 Å². The molecule has 1 heterocycles. The van der Waals surface area contributed by atoms with Crippen LogP contribution in [0.1, 0.15) is 13.3 Å². The van der Waals surface area contributed by atoms with Gasteiger partial charge in [0.15, 0.2) is 6.29 Å². The third-order valence-electron chi connectivity index (χ3n) is 1.21. The summed E-state index contributed by atoms with van der Waals surface area (Å²) in [5.74, 6) is 0. The zero-order chi connectivity index (χ0) is 6.69. The highest BCUT2D eigenvalue weighted by Gasteiger charge is 2.16. The normalized spacial score (nSPS) is 24.7. The molecule has 0 spiro atoms. The molecule has 0 saturated carbocycles. The number of ether oxygens (including phenoxy) is 2. The minimum atomic E-state index is 0.0411. The van der Waals surface area contributed by atoms with Gasteiger partial charge in [0.2, 0.25) is 0 Å². The van der Waals surface area contributed by atoms with E-state index in [0.29, 0.717) is 4.83 Å². The maximum Gasteiger partial charge on any atom is 0.158 e. The molecule has 0 aromatic rings. The maximum absolute atomic E-state index is 5.21. The molecule has 0 aromatic carbocycles. The number of hydrogen-bond acceptors (Lipinski definition) is 2. The Morgan fingerprint density at radius 2 is 2.11 bits per heavy atom. The van der Waals surface area contributed by atoms with Gasteiger partial charge in [-0.15, -0.1) is 0 Å². The van der Waals surface area contributed by atoms with E-state index in [9.17, 15) is 0 Å². The molecular formula is C6H11BrO2. The van der Waals surface area contributed by atoms with E-state index < -0.39 is 0 Å². The van der Waals surface area contributed by atoms with Crippen LogP contribution < -0.4 is 0 Å². The highest BCUT2D eigenvalue weighted by Crippen LogP contribution is 2.14. The van der Waals surface area contributed by atoms with Crippen molar-refractivity contribution in [3.8, 4) is 0 Å². The molecule has 1 saturated heterocycles. The van der Waals surface area contributed by atoms with Crippen LogP contribution in [-0.2, 0) is 9.47 Å². The minimum absolute atomic E-state index is 0.0411. The first kappa shape index (κ1) is 7.51. The second-order valence-electron chi connectivity index (χ2n) is 2.19. The second-order valence-corrected chi connectivity index (χ2v) is 3.75. The van der Waals surface area contributed by atoms with E-state index in [0.717, 1.165) is 19.6 Å². The van der Waals surface area contributed by atoms with Crippen molar-refractivity contribution in [1.29, 1.82) is 0 Å². The zero-order valence-electron chi connectivity index (χ0n) is 5.47. The van der Waals surface area contributed by atoms with Gasteiger partial charge in [0.05, 0.1) is 13.2 Å². The van der Waals surface area contributed by atoms with E-state index in [-0.39, 0.29) is 6.29 Å². The molecule has 1 aliphatic heterocycles. The maximum atomic E-state index is 5.21. The average molecular weight is 195 g/mol. The summed E-state index contributed by atoms with van der Waals surface area (Å²) in [7, 11) is 0. The van der Waals surface area contributed by atoms with Crippen molar-refractivity contribution in [2.24, 2.45) is 0 Å². The van der Waals surface area contributed by atoms with Crippen molar-refractivity contribution in [2.75, 3.05) is 13.2 Å². The highest BCUT2D eigenvalue weighted by molar-refractivity contribution is 9.09. The molecule has 0 bridgehead atoms. The van der Waals surface area contributed by atoms with Crippen LogP contribution in [0.4, 0.5) is 0 Å². The van der Waals surface area contributed by atoms with Crippen molar-refractivity contribution >= 4 is 15.9 Å². The van der Waals surface area contributed by atoms with Crippen LogP contribution in [0.3, 0.4) is 0 Å². The number of hydrogen-bond donors (Lipinski definition) is 0. The molecule has 0 aromatic heterocycles. The zero-order valence-corrected chi connectivity index (χ0v) is 7.06. The first-order valence-electron chi connectivity index (χ1n) is 3.16.